The van der Waals surface area contributed by atoms with E-state index in [2.05, 4.69) is 6.07 Å². The van der Waals surface area contributed by atoms with Crippen LogP contribution >= 0.6 is 0 Å². The Balaban J connectivity index is 2.14. The molecule has 3 nitrogen and oxygen atoms in total. The Labute approximate surface area is 88.9 Å². The lowest BCUT2D eigenvalue weighted by Gasteiger charge is -2.20. The lowest BCUT2D eigenvalue weighted by atomic mass is 10.1. The van der Waals surface area contributed by atoms with Crippen LogP contribution in [0.3, 0.4) is 0 Å². The molecular weight excluding hydrogens is 188 g/mol. The van der Waals surface area contributed by atoms with Gasteiger partial charge in [-0.1, -0.05) is 18.2 Å². The molecule has 1 amide bonds. The summed E-state index contributed by atoms with van der Waals surface area (Å²) in [6, 6.07) is 7.80. The first-order valence-corrected chi connectivity index (χ1v) is 5.32. The van der Waals surface area contributed by atoms with Crippen LogP contribution in [0.5, 0.6) is 0 Å². The average Bonchev–Trinajstić information content (AvgIpc) is 3.05. The van der Waals surface area contributed by atoms with Crippen LogP contribution < -0.4 is 10.6 Å². The summed E-state index contributed by atoms with van der Waals surface area (Å²) in [7, 11) is 1.81. The minimum absolute atomic E-state index is 0.0486. The number of benzene rings is 1. The summed E-state index contributed by atoms with van der Waals surface area (Å²) in [6.07, 6.45) is 1.07. The number of hydrogen-bond donors (Lipinski definition) is 1. The van der Waals surface area contributed by atoms with Crippen molar-refractivity contribution in [1.82, 2.24) is 0 Å². The minimum Gasteiger partial charge on any atom is -0.320 e. The van der Waals surface area contributed by atoms with E-state index in [-0.39, 0.29) is 11.9 Å². The van der Waals surface area contributed by atoms with Gasteiger partial charge < -0.3 is 10.6 Å². The van der Waals surface area contributed by atoms with Crippen molar-refractivity contribution in [2.75, 3.05) is 11.9 Å². The number of carbonyl (C=O) groups is 1. The van der Waals surface area contributed by atoms with Crippen LogP contribution in [0, 0.1) is 5.92 Å². The number of hydrogen-bond acceptors (Lipinski definition) is 2. The van der Waals surface area contributed by atoms with Gasteiger partial charge in [0.1, 0.15) is 0 Å². The van der Waals surface area contributed by atoms with Crippen LogP contribution in [0.1, 0.15) is 17.9 Å². The molecule has 1 fully saturated rings. The second-order valence-corrected chi connectivity index (χ2v) is 4.49. The topological polar surface area (TPSA) is 46.3 Å². The van der Waals surface area contributed by atoms with Gasteiger partial charge in [0.05, 0.1) is 6.04 Å². The maximum Gasteiger partial charge on any atom is 0.243 e. The highest BCUT2D eigenvalue weighted by Gasteiger charge is 2.49. The molecule has 3 atom stereocenters. The average molecular weight is 202 g/mol. The summed E-state index contributed by atoms with van der Waals surface area (Å²) in [5, 5.41) is 0. The van der Waals surface area contributed by atoms with Crippen molar-refractivity contribution >= 4 is 11.6 Å². The molecule has 1 aromatic carbocycles. The van der Waals surface area contributed by atoms with E-state index in [0.717, 1.165) is 12.1 Å². The molecule has 0 spiro atoms. The molecular formula is C12H14N2O. The fourth-order valence-electron chi connectivity index (χ4n) is 2.60. The van der Waals surface area contributed by atoms with Gasteiger partial charge in [-0.3, -0.25) is 4.79 Å². The van der Waals surface area contributed by atoms with Crippen molar-refractivity contribution in [2.24, 2.45) is 11.7 Å². The Bertz CT molecular complexity index is 429. The van der Waals surface area contributed by atoms with Crippen LogP contribution in [0.15, 0.2) is 24.3 Å². The summed E-state index contributed by atoms with van der Waals surface area (Å²) in [4.78, 5) is 13.6. The van der Waals surface area contributed by atoms with Crippen molar-refractivity contribution in [3.8, 4) is 0 Å². The molecule has 1 aliphatic heterocycles. The predicted octanol–water partition coefficient (Wildman–Crippen LogP) is 1.09. The number of nitrogens with two attached hydrogens (primary N) is 1. The Morgan fingerprint density at radius 1 is 1.40 bits per heavy atom. The third kappa shape index (κ3) is 1.13. The van der Waals surface area contributed by atoms with E-state index < -0.39 is 0 Å². The molecule has 0 radical (unpaired) electrons. The van der Waals surface area contributed by atoms with E-state index in [9.17, 15) is 4.79 Å². The molecule has 3 heteroatoms. The number of carbonyl (C=O) groups excluding carboxylic acids is 1. The number of amides is 1. The molecule has 0 bridgehead atoms. The number of fused-ring (bicyclic) bond motifs is 3. The van der Waals surface area contributed by atoms with Gasteiger partial charge in [0.25, 0.3) is 0 Å². The van der Waals surface area contributed by atoms with Crippen molar-refractivity contribution in [3.05, 3.63) is 29.8 Å². The Hall–Kier alpha value is -1.35. The van der Waals surface area contributed by atoms with Crippen LogP contribution in [0.4, 0.5) is 5.69 Å². The van der Waals surface area contributed by atoms with Crippen LogP contribution in [-0.4, -0.2) is 19.0 Å². The molecule has 3 rings (SSSR count). The van der Waals surface area contributed by atoms with Crippen molar-refractivity contribution < 1.29 is 4.79 Å². The number of anilines is 1. The predicted molar refractivity (Wildman–Crippen MR) is 58.7 cm³/mol. The van der Waals surface area contributed by atoms with Crippen LogP contribution in [-0.2, 0) is 4.79 Å². The van der Waals surface area contributed by atoms with Gasteiger partial charge in [0.15, 0.2) is 0 Å². The molecule has 2 aliphatic rings. The number of nitrogens with zero attached hydrogens (tertiary/aromatic N) is 1. The molecule has 0 aromatic heterocycles. The molecule has 0 saturated heterocycles. The summed E-state index contributed by atoms with van der Waals surface area (Å²) in [5.41, 5.74) is 8.26. The van der Waals surface area contributed by atoms with E-state index >= 15 is 0 Å². The van der Waals surface area contributed by atoms with Crippen molar-refractivity contribution in [1.29, 1.82) is 0 Å². The monoisotopic (exact) mass is 202 g/mol. The smallest absolute Gasteiger partial charge is 0.243 e. The quantitative estimate of drug-likeness (QED) is 0.684. The molecule has 1 heterocycles. The zero-order valence-corrected chi connectivity index (χ0v) is 8.68. The first kappa shape index (κ1) is 8.92. The number of rotatable bonds is 0. The third-order valence-corrected chi connectivity index (χ3v) is 3.61. The van der Waals surface area contributed by atoms with Gasteiger partial charge >= 0.3 is 0 Å². The summed E-state index contributed by atoms with van der Waals surface area (Å²) >= 11 is 0. The first-order chi connectivity index (χ1) is 7.20. The molecule has 2 N–H and O–H groups in total. The lowest BCUT2D eigenvalue weighted by Crippen LogP contribution is -2.42. The zero-order chi connectivity index (χ0) is 10.6. The highest BCUT2D eigenvalue weighted by Crippen LogP contribution is 2.53. The standard InChI is InChI=1S/C12H14N2O/c1-14-10-5-3-2-4-7(10)8-6-9(8)11(13)12(14)15/h2-5,8-9,11H,6,13H2,1H3. The number of likely N-dealkylation sites (N-methyl/N-ethyl adjacent to an activating group) is 1. The van der Waals surface area contributed by atoms with Gasteiger partial charge in [-0.25, -0.2) is 0 Å². The molecule has 1 aromatic rings. The fraction of sp³-hybridized carbons (Fsp3) is 0.417. The van der Waals surface area contributed by atoms with E-state index in [1.54, 1.807) is 4.90 Å². The molecule has 1 aliphatic carbocycles. The fourth-order valence-corrected chi connectivity index (χ4v) is 2.60. The summed E-state index contributed by atoms with van der Waals surface area (Å²) in [5.74, 6) is 0.918. The molecule has 15 heavy (non-hydrogen) atoms. The van der Waals surface area contributed by atoms with Crippen LogP contribution in [0.25, 0.3) is 0 Å². The van der Waals surface area contributed by atoms with Gasteiger partial charge in [0.2, 0.25) is 5.91 Å². The highest BCUT2D eigenvalue weighted by atomic mass is 16.2. The van der Waals surface area contributed by atoms with E-state index in [1.165, 1.54) is 5.56 Å². The molecule has 3 unspecified atom stereocenters. The second-order valence-electron chi connectivity index (χ2n) is 4.49. The summed E-state index contributed by atoms with van der Waals surface area (Å²) < 4.78 is 0. The van der Waals surface area contributed by atoms with Crippen LogP contribution in [0.2, 0.25) is 0 Å². The lowest BCUT2D eigenvalue weighted by molar-refractivity contribution is -0.119. The highest BCUT2D eigenvalue weighted by molar-refractivity contribution is 5.99. The third-order valence-electron chi connectivity index (χ3n) is 3.61. The van der Waals surface area contributed by atoms with Crippen molar-refractivity contribution in [2.45, 2.75) is 18.4 Å². The van der Waals surface area contributed by atoms with E-state index in [4.69, 9.17) is 5.73 Å². The van der Waals surface area contributed by atoms with Gasteiger partial charge in [-0.15, -0.1) is 0 Å². The van der Waals surface area contributed by atoms with E-state index in [0.29, 0.717) is 11.8 Å². The minimum atomic E-state index is -0.313. The van der Waals surface area contributed by atoms with E-state index in [1.807, 2.05) is 25.2 Å². The zero-order valence-electron chi connectivity index (χ0n) is 8.68. The Kier molecular flexibility index (Phi) is 1.68. The van der Waals surface area contributed by atoms with Crippen molar-refractivity contribution in [3.63, 3.8) is 0 Å². The molecule has 1 saturated carbocycles. The Morgan fingerprint density at radius 2 is 2.13 bits per heavy atom. The first-order valence-electron chi connectivity index (χ1n) is 5.32. The Morgan fingerprint density at radius 3 is 2.93 bits per heavy atom. The van der Waals surface area contributed by atoms with Gasteiger partial charge in [-0.2, -0.15) is 0 Å². The molecule has 78 valence electrons. The van der Waals surface area contributed by atoms with Gasteiger partial charge in [0, 0.05) is 12.7 Å². The maximum absolute atomic E-state index is 11.9. The SMILES string of the molecule is CN1C(=O)C(N)C2CC2c2ccccc21. The normalized spacial score (nSPS) is 33.1. The second kappa shape index (κ2) is 2.83. The maximum atomic E-state index is 11.9. The summed E-state index contributed by atoms with van der Waals surface area (Å²) in [6.45, 7) is 0. The largest absolute Gasteiger partial charge is 0.320 e. The number of para-hydroxylation sites is 1. The van der Waals surface area contributed by atoms with Gasteiger partial charge in [-0.05, 0) is 29.9 Å².